The third kappa shape index (κ3) is 4.18. The molecule has 0 bridgehead atoms. The molecular formula is C7H15NO. The van der Waals surface area contributed by atoms with E-state index in [1.54, 1.807) is 4.90 Å². The van der Waals surface area contributed by atoms with Crippen LogP contribution in [0.2, 0.25) is 0 Å². The molecule has 2 heteroatoms. The van der Waals surface area contributed by atoms with Crippen molar-refractivity contribution in [3.63, 3.8) is 0 Å². The predicted octanol–water partition coefficient (Wildman–Crippen LogP) is 0.833. The zero-order valence-electron chi connectivity index (χ0n) is 6.17. The molecule has 0 fully saturated rings. The third-order valence-electron chi connectivity index (χ3n) is 1.23. The maximum absolute atomic E-state index is 9.14. The average Bonchev–Trinajstić information content (AvgIpc) is 1.82. The van der Waals surface area contributed by atoms with Gasteiger partial charge in [-0.2, -0.15) is 0 Å². The maximum atomic E-state index is 9.14. The second-order valence-electron chi connectivity index (χ2n) is 2.31. The van der Waals surface area contributed by atoms with Crippen LogP contribution in [0.15, 0.2) is 12.7 Å². The van der Waals surface area contributed by atoms with E-state index in [0.29, 0.717) is 0 Å². The smallest absolute Gasteiger partial charge is 0.107 e. The van der Waals surface area contributed by atoms with Crippen LogP contribution in [0.5, 0.6) is 0 Å². The number of hydrogen-bond acceptors (Lipinski definition) is 2. The summed E-state index contributed by atoms with van der Waals surface area (Å²) in [6.45, 7) is 3.56. The van der Waals surface area contributed by atoms with E-state index in [1.165, 1.54) is 0 Å². The fraction of sp³-hybridized carbons (Fsp3) is 0.714. The first-order valence-corrected chi connectivity index (χ1v) is 3.14. The Balaban J connectivity index is 3.26. The molecule has 1 atom stereocenters. The molecule has 2 nitrogen and oxygen atoms in total. The first-order chi connectivity index (χ1) is 4.18. The standard InChI is InChI=1S/C7H15NO/c1-4-5-6-7(9)8(2)3/h4,7,9H,1,5-6H2,2-3H3. The van der Waals surface area contributed by atoms with E-state index in [4.69, 9.17) is 5.11 Å². The van der Waals surface area contributed by atoms with E-state index in [9.17, 15) is 0 Å². The number of hydrogen-bond donors (Lipinski definition) is 1. The van der Waals surface area contributed by atoms with E-state index in [-0.39, 0.29) is 6.23 Å². The second-order valence-corrected chi connectivity index (χ2v) is 2.31. The Labute approximate surface area is 56.8 Å². The van der Waals surface area contributed by atoms with Crippen LogP contribution in [0.3, 0.4) is 0 Å². The molecule has 0 rings (SSSR count). The molecule has 54 valence electrons. The summed E-state index contributed by atoms with van der Waals surface area (Å²) in [6, 6.07) is 0. The Morgan fingerprint density at radius 3 is 2.56 bits per heavy atom. The van der Waals surface area contributed by atoms with Gasteiger partial charge in [0.05, 0.1) is 0 Å². The van der Waals surface area contributed by atoms with E-state index in [0.717, 1.165) is 12.8 Å². The number of rotatable bonds is 4. The molecule has 0 saturated heterocycles. The van der Waals surface area contributed by atoms with Crippen molar-refractivity contribution >= 4 is 0 Å². The van der Waals surface area contributed by atoms with Gasteiger partial charge < -0.3 is 5.11 Å². The summed E-state index contributed by atoms with van der Waals surface area (Å²) in [5.41, 5.74) is 0. The topological polar surface area (TPSA) is 23.5 Å². The van der Waals surface area contributed by atoms with Gasteiger partial charge in [-0.1, -0.05) is 6.08 Å². The lowest BCUT2D eigenvalue weighted by atomic mass is 10.3. The molecule has 0 aromatic heterocycles. The number of aliphatic hydroxyl groups excluding tert-OH is 1. The summed E-state index contributed by atoms with van der Waals surface area (Å²) in [5.74, 6) is 0. The van der Waals surface area contributed by atoms with Crippen molar-refractivity contribution in [2.75, 3.05) is 14.1 Å². The molecule has 0 spiro atoms. The lowest BCUT2D eigenvalue weighted by Gasteiger charge is -2.16. The number of aliphatic hydroxyl groups is 1. The highest BCUT2D eigenvalue weighted by atomic mass is 16.3. The van der Waals surface area contributed by atoms with Crippen LogP contribution in [-0.4, -0.2) is 30.3 Å². The molecule has 0 saturated carbocycles. The normalized spacial score (nSPS) is 13.8. The lowest BCUT2D eigenvalue weighted by Crippen LogP contribution is -2.26. The van der Waals surface area contributed by atoms with Gasteiger partial charge in [-0.05, 0) is 26.9 Å². The average molecular weight is 129 g/mol. The van der Waals surface area contributed by atoms with Gasteiger partial charge in [0.1, 0.15) is 6.23 Å². The van der Waals surface area contributed by atoms with Crippen molar-refractivity contribution in [1.82, 2.24) is 4.90 Å². The number of nitrogens with zero attached hydrogens (tertiary/aromatic N) is 1. The second kappa shape index (κ2) is 4.53. The van der Waals surface area contributed by atoms with Crippen LogP contribution in [0, 0.1) is 0 Å². The molecular weight excluding hydrogens is 114 g/mol. The van der Waals surface area contributed by atoms with Gasteiger partial charge in [0, 0.05) is 0 Å². The summed E-state index contributed by atoms with van der Waals surface area (Å²) >= 11 is 0. The van der Waals surface area contributed by atoms with Crippen molar-refractivity contribution in [2.24, 2.45) is 0 Å². The monoisotopic (exact) mass is 129 g/mol. The van der Waals surface area contributed by atoms with Crippen molar-refractivity contribution in [2.45, 2.75) is 19.1 Å². The summed E-state index contributed by atoms with van der Waals surface area (Å²) < 4.78 is 0. The first-order valence-electron chi connectivity index (χ1n) is 3.14. The Morgan fingerprint density at radius 1 is 1.67 bits per heavy atom. The van der Waals surface area contributed by atoms with E-state index >= 15 is 0 Å². The van der Waals surface area contributed by atoms with Gasteiger partial charge in [0.2, 0.25) is 0 Å². The molecule has 0 aliphatic heterocycles. The van der Waals surface area contributed by atoms with Crippen LogP contribution in [-0.2, 0) is 0 Å². The molecule has 0 amide bonds. The quantitative estimate of drug-likeness (QED) is 0.449. The molecule has 0 heterocycles. The largest absolute Gasteiger partial charge is 0.378 e. The van der Waals surface area contributed by atoms with Crippen LogP contribution in [0.1, 0.15) is 12.8 Å². The fourth-order valence-electron chi connectivity index (χ4n) is 0.525. The minimum Gasteiger partial charge on any atom is -0.378 e. The van der Waals surface area contributed by atoms with Crippen LogP contribution >= 0.6 is 0 Å². The van der Waals surface area contributed by atoms with Crippen molar-refractivity contribution in [3.8, 4) is 0 Å². The lowest BCUT2D eigenvalue weighted by molar-refractivity contribution is 0.0343. The summed E-state index contributed by atoms with van der Waals surface area (Å²) in [4.78, 5) is 1.78. The van der Waals surface area contributed by atoms with E-state index in [2.05, 4.69) is 6.58 Å². The molecule has 0 aliphatic rings. The van der Waals surface area contributed by atoms with Gasteiger partial charge in [0.15, 0.2) is 0 Å². The van der Waals surface area contributed by atoms with Crippen molar-refractivity contribution in [3.05, 3.63) is 12.7 Å². The molecule has 0 aromatic carbocycles. The molecule has 0 radical (unpaired) electrons. The fourth-order valence-corrected chi connectivity index (χ4v) is 0.525. The first kappa shape index (κ1) is 8.66. The van der Waals surface area contributed by atoms with Crippen molar-refractivity contribution < 1.29 is 5.11 Å². The Kier molecular flexibility index (Phi) is 4.36. The van der Waals surface area contributed by atoms with Gasteiger partial charge >= 0.3 is 0 Å². The zero-order chi connectivity index (χ0) is 7.28. The van der Waals surface area contributed by atoms with Crippen LogP contribution < -0.4 is 0 Å². The molecule has 1 N–H and O–H groups in total. The van der Waals surface area contributed by atoms with Gasteiger partial charge in [-0.15, -0.1) is 6.58 Å². The summed E-state index contributed by atoms with van der Waals surface area (Å²) in [6.07, 6.45) is 3.14. The highest BCUT2D eigenvalue weighted by Crippen LogP contribution is 1.98. The van der Waals surface area contributed by atoms with Crippen LogP contribution in [0.25, 0.3) is 0 Å². The third-order valence-corrected chi connectivity index (χ3v) is 1.23. The minimum absolute atomic E-state index is 0.317. The van der Waals surface area contributed by atoms with E-state index < -0.39 is 0 Å². The van der Waals surface area contributed by atoms with Gasteiger partial charge in [-0.3, -0.25) is 4.90 Å². The molecule has 0 aliphatic carbocycles. The molecule has 0 aromatic rings. The van der Waals surface area contributed by atoms with Gasteiger partial charge in [-0.25, -0.2) is 0 Å². The van der Waals surface area contributed by atoms with Gasteiger partial charge in [0.25, 0.3) is 0 Å². The number of allylic oxidation sites excluding steroid dienone is 1. The predicted molar refractivity (Wildman–Crippen MR) is 39.1 cm³/mol. The minimum atomic E-state index is -0.317. The summed E-state index contributed by atoms with van der Waals surface area (Å²) in [5, 5.41) is 9.14. The SMILES string of the molecule is C=CCCC(O)N(C)C. The van der Waals surface area contributed by atoms with Crippen molar-refractivity contribution in [1.29, 1.82) is 0 Å². The van der Waals surface area contributed by atoms with E-state index in [1.807, 2.05) is 20.2 Å². The Bertz CT molecular complexity index is 81.0. The highest BCUT2D eigenvalue weighted by Gasteiger charge is 2.02. The summed E-state index contributed by atoms with van der Waals surface area (Å²) in [7, 11) is 3.71. The highest BCUT2D eigenvalue weighted by molar-refractivity contribution is 4.67. The zero-order valence-corrected chi connectivity index (χ0v) is 6.17. The molecule has 1 unspecified atom stereocenters. The molecule has 9 heavy (non-hydrogen) atoms. The maximum Gasteiger partial charge on any atom is 0.107 e. The Hall–Kier alpha value is -0.340. The Morgan fingerprint density at radius 2 is 2.22 bits per heavy atom. The van der Waals surface area contributed by atoms with Crippen LogP contribution in [0.4, 0.5) is 0 Å².